The molecular formula is C9H9ClFNO2S. The number of thioether (sulfide) groups is 1. The fourth-order valence-electron chi connectivity index (χ4n) is 0.932. The highest BCUT2D eigenvalue weighted by atomic mass is 35.5. The Morgan fingerprint density at radius 2 is 2.47 bits per heavy atom. The van der Waals surface area contributed by atoms with Crippen LogP contribution in [-0.2, 0) is 4.79 Å². The molecule has 0 spiro atoms. The van der Waals surface area contributed by atoms with Crippen LogP contribution in [0.2, 0.25) is 5.02 Å². The lowest BCUT2D eigenvalue weighted by atomic mass is 10.3. The summed E-state index contributed by atoms with van der Waals surface area (Å²) in [7, 11) is 0. The molecular weight excluding hydrogens is 241 g/mol. The van der Waals surface area contributed by atoms with E-state index in [0.29, 0.717) is 6.42 Å². The number of aromatic nitrogens is 1. The van der Waals surface area contributed by atoms with Crippen molar-refractivity contribution in [3.05, 3.63) is 23.1 Å². The monoisotopic (exact) mass is 249 g/mol. The second-order valence-corrected chi connectivity index (χ2v) is 4.42. The van der Waals surface area contributed by atoms with E-state index in [1.54, 1.807) is 6.92 Å². The summed E-state index contributed by atoms with van der Waals surface area (Å²) < 4.78 is 13.2. The predicted octanol–water partition coefficient (Wildman–Crippen LogP) is 2.83. The molecule has 0 amide bonds. The Morgan fingerprint density at radius 3 is 2.93 bits per heavy atom. The number of pyridine rings is 1. The first kappa shape index (κ1) is 12.3. The highest BCUT2D eigenvalue weighted by Crippen LogP contribution is 2.27. The van der Waals surface area contributed by atoms with Crippen LogP contribution in [-0.4, -0.2) is 21.3 Å². The van der Waals surface area contributed by atoms with Crippen LogP contribution in [0, 0.1) is 5.82 Å². The summed E-state index contributed by atoms with van der Waals surface area (Å²) in [5, 5.41) is 8.35. The van der Waals surface area contributed by atoms with Gasteiger partial charge in [-0.3, -0.25) is 4.79 Å². The third-order valence-corrected chi connectivity index (χ3v) is 3.22. The molecule has 6 heteroatoms. The fraction of sp³-hybridized carbons (Fsp3) is 0.333. The van der Waals surface area contributed by atoms with E-state index in [1.165, 1.54) is 6.20 Å². The van der Waals surface area contributed by atoms with E-state index < -0.39 is 17.0 Å². The Bertz CT molecular complexity index is 375. The highest BCUT2D eigenvalue weighted by Gasteiger charge is 2.19. The molecule has 1 N–H and O–H groups in total. The number of hydrogen-bond acceptors (Lipinski definition) is 3. The Morgan fingerprint density at radius 1 is 1.80 bits per heavy atom. The van der Waals surface area contributed by atoms with Crippen LogP contribution in [0.3, 0.4) is 0 Å². The zero-order valence-electron chi connectivity index (χ0n) is 7.91. The molecule has 1 rings (SSSR count). The molecule has 0 aromatic carbocycles. The van der Waals surface area contributed by atoms with Gasteiger partial charge in [0.05, 0.1) is 5.02 Å². The van der Waals surface area contributed by atoms with Crippen LogP contribution in [0.15, 0.2) is 17.3 Å². The summed E-state index contributed by atoms with van der Waals surface area (Å²) in [5.41, 5.74) is 0. The second kappa shape index (κ2) is 5.32. The molecule has 3 nitrogen and oxygen atoms in total. The lowest BCUT2D eigenvalue weighted by Gasteiger charge is -2.08. The van der Waals surface area contributed by atoms with Crippen LogP contribution >= 0.6 is 23.4 Å². The SMILES string of the molecule is CCC(Sc1ncc(Cl)cc1F)C(=O)O. The number of hydrogen-bond donors (Lipinski definition) is 1. The van der Waals surface area contributed by atoms with Crippen molar-refractivity contribution in [3.8, 4) is 0 Å². The van der Waals surface area contributed by atoms with E-state index in [1.807, 2.05) is 0 Å². The minimum Gasteiger partial charge on any atom is -0.480 e. The minimum absolute atomic E-state index is 0.0636. The average Bonchev–Trinajstić information content (AvgIpc) is 2.16. The lowest BCUT2D eigenvalue weighted by molar-refractivity contribution is -0.136. The van der Waals surface area contributed by atoms with Gasteiger partial charge in [0.15, 0.2) is 5.82 Å². The van der Waals surface area contributed by atoms with Gasteiger partial charge in [-0.1, -0.05) is 30.3 Å². The Kier molecular flexibility index (Phi) is 4.35. The largest absolute Gasteiger partial charge is 0.480 e. The molecule has 1 unspecified atom stereocenters. The summed E-state index contributed by atoms with van der Waals surface area (Å²) in [6.07, 6.45) is 1.70. The quantitative estimate of drug-likeness (QED) is 0.834. The molecule has 15 heavy (non-hydrogen) atoms. The van der Waals surface area contributed by atoms with E-state index >= 15 is 0 Å². The van der Waals surface area contributed by atoms with Crippen molar-refractivity contribution in [1.82, 2.24) is 4.98 Å². The molecule has 1 atom stereocenters. The molecule has 0 aliphatic heterocycles. The van der Waals surface area contributed by atoms with Crippen LogP contribution in [0.4, 0.5) is 4.39 Å². The molecule has 1 aromatic rings. The number of nitrogens with zero attached hydrogens (tertiary/aromatic N) is 1. The number of halogens is 2. The first-order valence-corrected chi connectivity index (χ1v) is 5.51. The number of carbonyl (C=O) groups is 1. The Balaban J connectivity index is 2.84. The minimum atomic E-state index is -0.973. The van der Waals surface area contributed by atoms with Gasteiger partial charge in [-0.25, -0.2) is 9.37 Å². The summed E-state index contributed by atoms with van der Waals surface area (Å²) in [4.78, 5) is 14.5. The van der Waals surface area contributed by atoms with Crippen molar-refractivity contribution >= 4 is 29.3 Å². The summed E-state index contributed by atoms with van der Waals surface area (Å²) >= 11 is 6.41. The summed E-state index contributed by atoms with van der Waals surface area (Å²) in [6.45, 7) is 1.72. The average molecular weight is 250 g/mol. The van der Waals surface area contributed by atoms with E-state index in [-0.39, 0.29) is 10.0 Å². The Hall–Kier alpha value is -0.810. The molecule has 82 valence electrons. The van der Waals surface area contributed by atoms with Crippen molar-refractivity contribution in [1.29, 1.82) is 0 Å². The van der Waals surface area contributed by atoms with Crippen LogP contribution in [0.5, 0.6) is 0 Å². The zero-order valence-corrected chi connectivity index (χ0v) is 9.48. The summed E-state index contributed by atoms with van der Waals surface area (Å²) in [6, 6.07) is 1.12. The van der Waals surface area contributed by atoms with Crippen LogP contribution in [0.25, 0.3) is 0 Å². The van der Waals surface area contributed by atoms with Gasteiger partial charge in [-0.15, -0.1) is 0 Å². The van der Waals surface area contributed by atoms with Crippen molar-refractivity contribution in [2.24, 2.45) is 0 Å². The van der Waals surface area contributed by atoms with E-state index in [0.717, 1.165) is 17.8 Å². The summed E-state index contributed by atoms with van der Waals surface area (Å²) in [5.74, 6) is -1.56. The van der Waals surface area contributed by atoms with Crippen LogP contribution in [0.1, 0.15) is 13.3 Å². The first-order valence-electron chi connectivity index (χ1n) is 4.25. The maximum absolute atomic E-state index is 13.2. The van der Waals surface area contributed by atoms with Gasteiger partial charge in [0, 0.05) is 6.20 Å². The van der Waals surface area contributed by atoms with Gasteiger partial charge in [-0.2, -0.15) is 0 Å². The van der Waals surface area contributed by atoms with Gasteiger partial charge in [0.25, 0.3) is 0 Å². The molecule has 0 saturated heterocycles. The standard InChI is InChI=1S/C9H9ClFNO2S/c1-2-7(9(13)14)15-8-6(11)3-5(10)4-12-8/h3-4,7H,2H2,1H3,(H,13,14). The van der Waals surface area contributed by atoms with Crippen LogP contribution < -0.4 is 0 Å². The molecule has 0 radical (unpaired) electrons. The maximum atomic E-state index is 13.2. The molecule has 0 bridgehead atoms. The second-order valence-electron chi connectivity index (χ2n) is 2.79. The fourth-order valence-corrected chi connectivity index (χ4v) is 1.90. The maximum Gasteiger partial charge on any atom is 0.317 e. The molecule has 0 fully saturated rings. The lowest BCUT2D eigenvalue weighted by Crippen LogP contribution is -2.15. The molecule has 0 saturated carbocycles. The molecule has 1 heterocycles. The molecule has 0 aliphatic rings. The first-order chi connectivity index (χ1) is 7.04. The van der Waals surface area contributed by atoms with Crippen molar-refractivity contribution < 1.29 is 14.3 Å². The third-order valence-electron chi connectivity index (χ3n) is 1.67. The van der Waals surface area contributed by atoms with E-state index in [9.17, 15) is 9.18 Å². The predicted molar refractivity (Wildman–Crippen MR) is 56.8 cm³/mol. The smallest absolute Gasteiger partial charge is 0.317 e. The van der Waals surface area contributed by atoms with Gasteiger partial charge in [0.1, 0.15) is 10.3 Å². The highest BCUT2D eigenvalue weighted by molar-refractivity contribution is 8.00. The zero-order chi connectivity index (χ0) is 11.4. The van der Waals surface area contributed by atoms with Gasteiger partial charge in [0.2, 0.25) is 0 Å². The number of aliphatic carboxylic acids is 1. The third kappa shape index (κ3) is 3.35. The molecule has 1 aromatic heterocycles. The van der Waals surface area contributed by atoms with Crippen molar-refractivity contribution in [2.45, 2.75) is 23.6 Å². The van der Waals surface area contributed by atoms with E-state index in [2.05, 4.69) is 4.98 Å². The van der Waals surface area contributed by atoms with Gasteiger partial charge >= 0.3 is 5.97 Å². The topological polar surface area (TPSA) is 50.2 Å². The number of carboxylic acid groups (broad SMARTS) is 1. The van der Waals surface area contributed by atoms with Gasteiger partial charge in [-0.05, 0) is 12.5 Å². The van der Waals surface area contributed by atoms with Crippen molar-refractivity contribution in [2.75, 3.05) is 0 Å². The Labute approximate surface area is 95.7 Å². The normalized spacial score (nSPS) is 12.5. The van der Waals surface area contributed by atoms with Crippen molar-refractivity contribution in [3.63, 3.8) is 0 Å². The number of carboxylic acids is 1. The van der Waals surface area contributed by atoms with E-state index in [4.69, 9.17) is 16.7 Å². The molecule has 0 aliphatic carbocycles. The van der Waals surface area contributed by atoms with Gasteiger partial charge < -0.3 is 5.11 Å². The number of rotatable bonds is 4.